The summed E-state index contributed by atoms with van der Waals surface area (Å²) in [5.74, 6) is -0.190. The number of unbranched alkanes of at least 4 members (excludes halogenated alkanes) is 5. The fourth-order valence-electron chi connectivity index (χ4n) is 3.08. The number of methoxy groups -OCH3 is 1. The monoisotopic (exact) mass is 268 g/mol. The number of esters is 1. The third-order valence-corrected chi connectivity index (χ3v) is 4.32. The van der Waals surface area contributed by atoms with Crippen LogP contribution in [0.3, 0.4) is 0 Å². The van der Waals surface area contributed by atoms with Crippen LogP contribution in [0.25, 0.3) is 0 Å². The second-order valence-electron chi connectivity index (χ2n) is 5.72. The van der Waals surface area contributed by atoms with E-state index in [1.807, 2.05) is 0 Å². The van der Waals surface area contributed by atoms with Crippen LogP contribution in [0.1, 0.15) is 77.6 Å². The topological polar surface area (TPSA) is 43.4 Å². The van der Waals surface area contributed by atoms with Crippen molar-refractivity contribution >= 4 is 11.8 Å². The zero-order valence-electron chi connectivity index (χ0n) is 12.5. The van der Waals surface area contributed by atoms with Crippen LogP contribution >= 0.6 is 0 Å². The molecule has 1 rings (SSSR count). The maximum absolute atomic E-state index is 12.2. The van der Waals surface area contributed by atoms with Gasteiger partial charge in [-0.1, -0.05) is 51.9 Å². The Morgan fingerprint density at radius 3 is 2.47 bits per heavy atom. The van der Waals surface area contributed by atoms with Crippen LogP contribution in [0.5, 0.6) is 0 Å². The molecule has 1 aliphatic rings. The standard InChI is InChI=1S/C16H28O3/c1-3-4-5-6-7-9-12-16(15(18)19-2)13-10-8-11-14(16)17/h3-13H2,1-2H3. The van der Waals surface area contributed by atoms with Crippen molar-refractivity contribution in [3.8, 4) is 0 Å². The molecule has 0 aliphatic heterocycles. The molecule has 1 saturated carbocycles. The molecule has 19 heavy (non-hydrogen) atoms. The molecule has 3 heteroatoms. The SMILES string of the molecule is CCCCCCCCC1(C(=O)OC)CCCCC1=O. The molecule has 110 valence electrons. The quantitative estimate of drug-likeness (QED) is 0.379. The first-order valence-electron chi connectivity index (χ1n) is 7.79. The van der Waals surface area contributed by atoms with Crippen molar-refractivity contribution in [1.29, 1.82) is 0 Å². The van der Waals surface area contributed by atoms with Crippen LogP contribution in [0.4, 0.5) is 0 Å². The zero-order valence-corrected chi connectivity index (χ0v) is 12.5. The number of rotatable bonds is 8. The summed E-state index contributed by atoms with van der Waals surface area (Å²) >= 11 is 0. The van der Waals surface area contributed by atoms with Gasteiger partial charge in [-0.2, -0.15) is 0 Å². The van der Waals surface area contributed by atoms with Gasteiger partial charge >= 0.3 is 5.97 Å². The second kappa shape index (κ2) is 8.34. The lowest BCUT2D eigenvalue weighted by molar-refractivity contribution is -0.160. The summed E-state index contributed by atoms with van der Waals surface area (Å²) < 4.78 is 4.90. The first kappa shape index (κ1) is 16.2. The fraction of sp³-hybridized carbons (Fsp3) is 0.875. The van der Waals surface area contributed by atoms with E-state index in [2.05, 4.69) is 6.92 Å². The van der Waals surface area contributed by atoms with Gasteiger partial charge in [0.1, 0.15) is 11.2 Å². The Labute approximate surface area is 117 Å². The molecular weight excluding hydrogens is 240 g/mol. The lowest BCUT2D eigenvalue weighted by atomic mass is 9.70. The van der Waals surface area contributed by atoms with Crippen LogP contribution in [-0.4, -0.2) is 18.9 Å². The number of ketones is 1. The van der Waals surface area contributed by atoms with E-state index in [4.69, 9.17) is 4.74 Å². The Bertz CT molecular complexity index is 288. The van der Waals surface area contributed by atoms with Crippen molar-refractivity contribution in [3.63, 3.8) is 0 Å². The molecule has 3 nitrogen and oxygen atoms in total. The molecule has 1 fully saturated rings. The molecule has 0 N–H and O–H groups in total. The van der Waals surface area contributed by atoms with Crippen LogP contribution in [0, 0.1) is 5.41 Å². The first-order chi connectivity index (χ1) is 9.17. The highest BCUT2D eigenvalue weighted by Crippen LogP contribution is 2.39. The van der Waals surface area contributed by atoms with Gasteiger partial charge in [0.25, 0.3) is 0 Å². The molecule has 1 atom stereocenters. The molecular formula is C16H28O3. The smallest absolute Gasteiger partial charge is 0.319 e. The van der Waals surface area contributed by atoms with Gasteiger partial charge in [0, 0.05) is 6.42 Å². The Kier molecular flexibility index (Phi) is 7.11. The third-order valence-electron chi connectivity index (χ3n) is 4.32. The Hall–Kier alpha value is -0.860. The minimum Gasteiger partial charge on any atom is -0.468 e. The molecule has 0 spiro atoms. The molecule has 1 aliphatic carbocycles. The van der Waals surface area contributed by atoms with Crippen molar-refractivity contribution in [2.45, 2.75) is 77.6 Å². The van der Waals surface area contributed by atoms with Crippen molar-refractivity contribution in [1.82, 2.24) is 0 Å². The predicted octanol–water partition coefficient (Wildman–Crippen LogP) is 4.04. The molecule has 0 radical (unpaired) electrons. The van der Waals surface area contributed by atoms with E-state index in [0.29, 0.717) is 19.3 Å². The number of carbonyl (C=O) groups is 2. The molecule has 0 saturated heterocycles. The van der Waals surface area contributed by atoms with Crippen LogP contribution in [0.15, 0.2) is 0 Å². The number of hydrogen-bond acceptors (Lipinski definition) is 3. The third kappa shape index (κ3) is 4.32. The Balaban J connectivity index is 2.46. The van der Waals surface area contributed by atoms with E-state index < -0.39 is 5.41 Å². The number of carbonyl (C=O) groups excluding carboxylic acids is 2. The summed E-state index contributed by atoms with van der Waals surface area (Å²) in [6.07, 6.45) is 10.9. The van der Waals surface area contributed by atoms with Crippen molar-refractivity contribution in [3.05, 3.63) is 0 Å². The van der Waals surface area contributed by atoms with Crippen LogP contribution < -0.4 is 0 Å². The summed E-state index contributed by atoms with van der Waals surface area (Å²) in [4.78, 5) is 24.2. The Morgan fingerprint density at radius 1 is 1.16 bits per heavy atom. The summed E-state index contributed by atoms with van der Waals surface area (Å²) in [5, 5.41) is 0. The average Bonchev–Trinajstić information content (AvgIpc) is 2.44. The van der Waals surface area contributed by atoms with Crippen LogP contribution in [-0.2, 0) is 14.3 Å². The zero-order chi connectivity index (χ0) is 14.1. The lowest BCUT2D eigenvalue weighted by Gasteiger charge is -2.33. The highest BCUT2D eigenvalue weighted by Gasteiger charge is 2.46. The van der Waals surface area contributed by atoms with E-state index in [1.54, 1.807) is 0 Å². The highest BCUT2D eigenvalue weighted by molar-refractivity contribution is 6.04. The van der Waals surface area contributed by atoms with E-state index in [-0.39, 0.29) is 11.8 Å². The summed E-state index contributed by atoms with van der Waals surface area (Å²) in [7, 11) is 1.40. The summed E-state index contributed by atoms with van der Waals surface area (Å²) in [6, 6.07) is 0. The van der Waals surface area contributed by atoms with Gasteiger partial charge in [-0.05, 0) is 19.3 Å². The molecule has 0 aromatic heterocycles. The highest BCUT2D eigenvalue weighted by atomic mass is 16.5. The number of Topliss-reactive ketones (excluding diaryl/α,β-unsaturated/α-hetero) is 1. The number of ether oxygens (including phenoxy) is 1. The van der Waals surface area contributed by atoms with Gasteiger partial charge in [-0.25, -0.2) is 0 Å². The van der Waals surface area contributed by atoms with Crippen molar-refractivity contribution < 1.29 is 14.3 Å². The van der Waals surface area contributed by atoms with Gasteiger partial charge < -0.3 is 4.74 Å². The van der Waals surface area contributed by atoms with Gasteiger partial charge in [0.15, 0.2) is 0 Å². The fourth-order valence-corrected chi connectivity index (χ4v) is 3.08. The van der Waals surface area contributed by atoms with Gasteiger partial charge in [-0.15, -0.1) is 0 Å². The van der Waals surface area contributed by atoms with E-state index >= 15 is 0 Å². The maximum Gasteiger partial charge on any atom is 0.319 e. The molecule has 0 aromatic carbocycles. The summed E-state index contributed by atoms with van der Waals surface area (Å²) in [5.41, 5.74) is -0.808. The van der Waals surface area contributed by atoms with E-state index in [0.717, 1.165) is 25.7 Å². The van der Waals surface area contributed by atoms with Gasteiger partial charge in [-0.3, -0.25) is 9.59 Å². The Morgan fingerprint density at radius 2 is 1.84 bits per heavy atom. The first-order valence-corrected chi connectivity index (χ1v) is 7.79. The average molecular weight is 268 g/mol. The van der Waals surface area contributed by atoms with E-state index in [1.165, 1.54) is 32.8 Å². The minimum absolute atomic E-state index is 0.110. The largest absolute Gasteiger partial charge is 0.468 e. The summed E-state index contributed by atoms with van der Waals surface area (Å²) in [6.45, 7) is 2.20. The molecule has 0 aromatic rings. The maximum atomic E-state index is 12.2. The number of hydrogen-bond donors (Lipinski definition) is 0. The molecule has 0 amide bonds. The van der Waals surface area contributed by atoms with Crippen molar-refractivity contribution in [2.24, 2.45) is 5.41 Å². The van der Waals surface area contributed by atoms with Gasteiger partial charge in [0.2, 0.25) is 0 Å². The lowest BCUT2D eigenvalue weighted by Crippen LogP contribution is -2.42. The predicted molar refractivity (Wildman–Crippen MR) is 75.9 cm³/mol. The molecule has 0 bridgehead atoms. The van der Waals surface area contributed by atoms with Crippen molar-refractivity contribution in [2.75, 3.05) is 7.11 Å². The molecule has 0 heterocycles. The normalized spacial score (nSPS) is 23.4. The second-order valence-corrected chi connectivity index (χ2v) is 5.72. The minimum atomic E-state index is -0.808. The van der Waals surface area contributed by atoms with Gasteiger partial charge in [0.05, 0.1) is 7.11 Å². The van der Waals surface area contributed by atoms with Crippen LogP contribution in [0.2, 0.25) is 0 Å². The van der Waals surface area contributed by atoms with E-state index in [9.17, 15) is 9.59 Å². The molecule has 1 unspecified atom stereocenters.